The molecule has 2 aliphatic rings. The molecule has 0 aromatic heterocycles. The minimum atomic E-state index is -1.17. The first-order valence-corrected chi connectivity index (χ1v) is 12.7. The lowest BCUT2D eigenvalue weighted by Crippen LogP contribution is -2.50. The summed E-state index contributed by atoms with van der Waals surface area (Å²) in [6.45, 7) is 0.185. The number of ether oxygens (including phenoxy) is 2. The molecule has 5 rings (SSSR count). The van der Waals surface area contributed by atoms with E-state index in [2.05, 4.69) is 0 Å². The highest BCUT2D eigenvalue weighted by molar-refractivity contribution is 5.88. The fourth-order valence-corrected chi connectivity index (χ4v) is 5.22. The van der Waals surface area contributed by atoms with Crippen LogP contribution in [-0.4, -0.2) is 34.0 Å². The van der Waals surface area contributed by atoms with Crippen LogP contribution in [0.4, 0.5) is 4.39 Å². The van der Waals surface area contributed by atoms with E-state index in [4.69, 9.17) is 9.47 Å². The van der Waals surface area contributed by atoms with Crippen molar-refractivity contribution in [3.05, 3.63) is 101 Å². The summed E-state index contributed by atoms with van der Waals surface area (Å²) in [5.74, 6) is -2.05. The first-order chi connectivity index (χ1) is 18.0. The molecule has 1 aliphatic heterocycles. The second kappa shape index (κ2) is 11.1. The van der Waals surface area contributed by atoms with E-state index in [1.165, 1.54) is 11.0 Å². The number of carboxylic acids is 1. The molecule has 0 saturated heterocycles. The van der Waals surface area contributed by atoms with E-state index in [1.807, 2.05) is 60.7 Å². The molecule has 0 unspecified atom stereocenters. The molecule has 0 spiro atoms. The molecule has 1 heterocycles. The van der Waals surface area contributed by atoms with Crippen molar-refractivity contribution in [2.45, 2.75) is 63.5 Å². The van der Waals surface area contributed by atoms with E-state index >= 15 is 0 Å². The molecule has 3 aromatic carbocycles. The number of aliphatic carboxylic acids is 1. The van der Waals surface area contributed by atoms with Gasteiger partial charge in [-0.1, -0.05) is 79.6 Å². The summed E-state index contributed by atoms with van der Waals surface area (Å²) >= 11 is 0. The Labute approximate surface area is 215 Å². The fraction of sp³-hybridized carbons (Fsp3) is 0.333. The Hall–Kier alpha value is -3.71. The zero-order chi connectivity index (χ0) is 25.8. The lowest BCUT2D eigenvalue weighted by Gasteiger charge is -2.37. The molecule has 37 heavy (non-hydrogen) atoms. The minimum Gasteiger partial charge on any atom is -0.486 e. The van der Waals surface area contributed by atoms with Gasteiger partial charge in [-0.3, -0.25) is 4.79 Å². The van der Waals surface area contributed by atoms with Crippen molar-refractivity contribution in [2.24, 2.45) is 0 Å². The van der Waals surface area contributed by atoms with E-state index in [0.717, 1.165) is 31.2 Å². The topological polar surface area (TPSA) is 76.1 Å². The maximum Gasteiger partial charge on any atom is 0.326 e. The third-order valence-corrected chi connectivity index (χ3v) is 7.18. The highest BCUT2D eigenvalue weighted by Gasteiger charge is 2.40. The number of carboxylic acid groups (broad SMARTS) is 1. The third kappa shape index (κ3) is 5.52. The van der Waals surface area contributed by atoms with E-state index in [1.54, 1.807) is 6.07 Å². The standard InChI is InChI=1S/C30H30FNO5/c31-25-16-15-22-18-32(29(33)27(21-11-5-2-6-12-21)37-23-13-7-8-14-23)26(30(34)35)17-24(22)28(25)36-19-20-9-3-1-4-10-20/h1-6,9-12,15-16,23,26-27H,7-8,13-14,17-19H2,(H,34,35)/t26-,27+/m0/s1. The number of nitrogens with zero attached hydrogens (tertiary/aromatic N) is 1. The predicted octanol–water partition coefficient (Wildman–Crippen LogP) is 5.44. The predicted molar refractivity (Wildman–Crippen MR) is 135 cm³/mol. The van der Waals surface area contributed by atoms with Gasteiger partial charge in [0.15, 0.2) is 17.7 Å². The molecular weight excluding hydrogens is 473 g/mol. The van der Waals surface area contributed by atoms with Crippen molar-refractivity contribution in [3.63, 3.8) is 0 Å². The molecule has 7 heteroatoms. The van der Waals surface area contributed by atoms with Crippen molar-refractivity contribution in [1.29, 1.82) is 0 Å². The molecule has 1 N–H and O–H groups in total. The zero-order valence-corrected chi connectivity index (χ0v) is 20.5. The van der Waals surface area contributed by atoms with Crippen LogP contribution in [0.2, 0.25) is 0 Å². The maximum atomic E-state index is 14.9. The van der Waals surface area contributed by atoms with E-state index in [0.29, 0.717) is 16.7 Å². The number of carbonyl (C=O) groups is 2. The molecule has 1 saturated carbocycles. The SMILES string of the molecule is O=C(O)[C@@H]1Cc2c(ccc(F)c2OCc2ccccc2)CN1C(=O)[C@H](OC1CCCC1)c1ccccc1. The van der Waals surface area contributed by atoms with Gasteiger partial charge < -0.3 is 19.5 Å². The summed E-state index contributed by atoms with van der Waals surface area (Å²) in [7, 11) is 0. The quantitative estimate of drug-likeness (QED) is 0.443. The van der Waals surface area contributed by atoms with Gasteiger partial charge in [-0.05, 0) is 35.6 Å². The zero-order valence-electron chi connectivity index (χ0n) is 20.5. The Morgan fingerprint density at radius 3 is 2.32 bits per heavy atom. The molecule has 1 amide bonds. The van der Waals surface area contributed by atoms with Crippen LogP contribution in [0.25, 0.3) is 0 Å². The smallest absolute Gasteiger partial charge is 0.326 e. The van der Waals surface area contributed by atoms with E-state index in [-0.39, 0.29) is 31.4 Å². The Bertz CT molecular complexity index is 1240. The Morgan fingerprint density at radius 1 is 0.973 bits per heavy atom. The van der Waals surface area contributed by atoms with Gasteiger partial charge in [0.1, 0.15) is 12.6 Å². The molecule has 6 nitrogen and oxygen atoms in total. The largest absolute Gasteiger partial charge is 0.486 e. The number of benzene rings is 3. The highest BCUT2D eigenvalue weighted by atomic mass is 19.1. The van der Waals surface area contributed by atoms with Gasteiger partial charge in [-0.25, -0.2) is 9.18 Å². The van der Waals surface area contributed by atoms with Gasteiger partial charge in [-0.15, -0.1) is 0 Å². The van der Waals surface area contributed by atoms with Gasteiger partial charge >= 0.3 is 5.97 Å². The second-order valence-corrected chi connectivity index (χ2v) is 9.65. The molecule has 2 atom stereocenters. The van der Waals surface area contributed by atoms with Gasteiger partial charge in [0, 0.05) is 18.5 Å². The van der Waals surface area contributed by atoms with E-state index < -0.39 is 29.8 Å². The summed E-state index contributed by atoms with van der Waals surface area (Å²) < 4.78 is 27.0. The van der Waals surface area contributed by atoms with Crippen LogP contribution in [0.1, 0.15) is 54.0 Å². The lowest BCUT2D eigenvalue weighted by atomic mass is 9.91. The van der Waals surface area contributed by atoms with Crippen LogP contribution in [0.3, 0.4) is 0 Å². The summed E-state index contributed by atoms with van der Waals surface area (Å²) in [6.07, 6.45) is 2.86. The van der Waals surface area contributed by atoms with Gasteiger partial charge in [0.25, 0.3) is 5.91 Å². The van der Waals surface area contributed by atoms with Crippen LogP contribution in [-0.2, 0) is 33.9 Å². The molecule has 0 radical (unpaired) electrons. The molecule has 1 fully saturated rings. The highest BCUT2D eigenvalue weighted by Crippen LogP contribution is 2.36. The average molecular weight is 504 g/mol. The Kier molecular flexibility index (Phi) is 7.51. The summed E-state index contributed by atoms with van der Waals surface area (Å²) in [6, 6.07) is 20.3. The number of amides is 1. The molecule has 1 aliphatic carbocycles. The number of fused-ring (bicyclic) bond motifs is 1. The van der Waals surface area contributed by atoms with Gasteiger partial charge in [0.2, 0.25) is 0 Å². The van der Waals surface area contributed by atoms with Crippen molar-refractivity contribution < 1.29 is 28.6 Å². The normalized spacial score (nSPS) is 18.3. The monoisotopic (exact) mass is 503 g/mol. The van der Waals surface area contributed by atoms with Crippen LogP contribution in [0.15, 0.2) is 72.8 Å². The summed E-state index contributed by atoms with van der Waals surface area (Å²) in [4.78, 5) is 27.7. The first kappa shape index (κ1) is 25.0. The lowest BCUT2D eigenvalue weighted by molar-refractivity contribution is -0.160. The molecule has 3 aromatic rings. The Balaban J connectivity index is 1.44. The van der Waals surface area contributed by atoms with Crippen LogP contribution in [0.5, 0.6) is 5.75 Å². The Morgan fingerprint density at radius 2 is 1.65 bits per heavy atom. The van der Waals surface area contributed by atoms with Crippen LogP contribution < -0.4 is 4.74 Å². The number of hydrogen-bond donors (Lipinski definition) is 1. The third-order valence-electron chi connectivity index (χ3n) is 7.18. The van der Waals surface area contributed by atoms with Crippen molar-refractivity contribution in [1.82, 2.24) is 4.90 Å². The summed E-state index contributed by atoms with van der Waals surface area (Å²) in [5.41, 5.74) is 2.72. The second-order valence-electron chi connectivity index (χ2n) is 9.65. The number of rotatable bonds is 8. The molecule has 192 valence electrons. The molecular formula is C30H30FNO5. The van der Waals surface area contributed by atoms with Crippen LogP contribution >= 0.6 is 0 Å². The molecule has 0 bridgehead atoms. The summed E-state index contributed by atoms with van der Waals surface area (Å²) in [5, 5.41) is 10.1. The number of halogens is 1. The van der Waals surface area contributed by atoms with Crippen molar-refractivity contribution in [2.75, 3.05) is 0 Å². The van der Waals surface area contributed by atoms with Crippen molar-refractivity contribution in [3.8, 4) is 5.75 Å². The van der Waals surface area contributed by atoms with Gasteiger partial charge in [0.05, 0.1) is 6.10 Å². The van der Waals surface area contributed by atoms with Crippen molar-refractivity contribution >= 4 is 11.9 Å². The number of carbonyl (C=O) groups excluding carboxylic acids is 1. The van der Waals surface area contributed by atoms with Gasteiger partial charge in [-0.2, -0.15) is 0 Å². The van der Waals surface area contributed by atoms with E-state index in [9.17, 15) is 19.1 Å². The first-order valence-electron chi connectivity index (χ1n) is 12.7. The maximum absolute atomic E-state index is 14.9. The number of hydrogen-bond acceptors (Lipinski definition) is 4. The average Bonchev–Trinajstić information content (AvgIpc) is 3.44. The minimum absolute atomic E-state index is 0.0322. The van der Waals surface area contributed by atoms with Crippen LogP contribution in [0, 0.1) is 5.82 Å². The fourth-order valence-electron chi connectivity index (χ4n) is 5.22.